The molecule has 2 aromatic rings. The molecule has 9 heteroatoms. The van der Waals surface area contributed by atoms with E-state index in [1.165, 1.54) is 29.6 Å². The Morgan fingerprint density at radius 3 is 2.43 bits per heavy atom. The van der Waals surface area contributed by atoms with E-state index in [9.17, 15) is 18.0 Å². The highest BCUT2D eigenvalue weighted by molar-refractivity contribution is 7.93. The van der Waals surface area contributed by atoms with Gasteiger partial charge in [0.1, 0.15) is 9.77 Å². The van der Waals surface area contributed by atoms with Crippen molar-refractivity contribution >= 4 is 39.0 Å². The van der Waals surface area contributed by atoms with Crippen LogP contribution >= 0.6 is 11.3 Å². The number of hydrogen-bond acceptors (Lipinski definition) is 5. The summed E-state index contributed by atoms with van der Waals surface area (Å²) in [6, 6.07) is 6.39. The molecule has 0 spiro atoms. The molecular weight excluding hydrogens is 318 g/mol. The number of thiophene rings is 1. The fraction of sp³-hybridized carbons (Fsp3) is 0. The molecule has 110 valence electrons. The third-order valence-corrected chi connectivity index (χ3v) is 4.93. The number of aromatic carboxylic acids is 2. The van der Waals surface area contributed by atoms with Gasteiger partial charge in [-0.2, -0.15) is 0 Å². The molecular formula is C12H9NO6S2. The van der Waals surface area contributed by atoms with Crippen molar-refractivity contribution in [3.63, 3.8) is 0 Å². The van der Waals surface area contributed by atoms with E-state index >= 15 is 0 Å². The van der Waals surface area contributed by atoms with E-state index in [4.69, 9.17) is 10.2 Å². The summed E-state index contributed by atoms with van der Waals surface area (Å²) in [6.45, 7) is 0. The molecule has 0 aliphatic carbocycles. The fourth-order valence-corrected chi connectivity index (χ4v) is 3.90. The van der Waals surface area contributed by atoms with Crippen LogP contribution in [0.5, 0.6) is 0 Å². The number of carbonyl (C=O) groups is 2. The number of carboxylic acids is 2. The Bertz CT molecular complexity index is 809. The van der Waals surface area contributed by atoms with Gasteiger partial charge >= 0.3 is 11.9 Å². The highest BCUT2D eigenvalue weighted by Gasteiger charge is 2.24. The van der Waals surface area contributed by atoms with Gasteiger partial charge in [0.2, 0.25) is 0 Å². The molecule has 0 bridgehead atoms. The number of hydrogen-bond donors (Lipinski definition) is 3. The second-order valence-corrected chi connectivity index (χ2v) is 6.48. The van der Waals surface area contributed by atoms with Gasteiger partial charge in [-0.25, -0.2) is 18.0 Å². The molecule has 0 saturated heterocycles. The lowest BCUT2D eigenvalue weighted by atomic mass is 10.2. The lowest BCUT2D eigenvalue weighted by Gasteiger charge is -2.08. The normalized spacial score (nSPS) is 11.0. The van der Waals surface area contributed by atoms with Gasteiger partial charge in [0.05, 0.1) is 5.56 Å². The molecule has 0 aliphatic rings. The summed E-state index contributed by atoms with van der Waals surface area (Å²) >= 11 is 0.790. The molecule has 0 atom stereocenters. The molecule has 3 N–H and O–H groups in total. The van der Waals surface area contributed by atoms with Crippen molar-refractivity contribution in [3.8, 4) is 0 Å². The summed E-state index contributed by atoms with van der Waals surface area (Å²) in [4.78, 5) is 21.1. The van der Waals surface area contributed by atoms with Gasteiger partial charge in [-0.15, -0.1) is 11.3 Å². The van der Waals surface area contributed by atoms with Gasteiger partial charge in [0.25, 0.3) is 10.0 Å². The lowest BCUT2D eigenvalue weighted by molar-refractivity contribution is 0.0687. The minimum absolute atomic E-state index is 0.0393. The van der Waals surface area contributed by atoms with Crippen LogP contribution in [-0.2, 0) is 10.0 Å². The number of rotatable bonds is 5. The summed E-state index contributed by atoms with van der Waals surface area (Å²) in [7, 11) is -4.10. The summed E-state index contributed by atoms with van der Waals surface area (Å²) < 4.78 is 26.5. The average molecular weight is 327 g/mol. The molecule has 0 unspecified atom stereocenters. The zero-order valence-corrected chi connectivity index (χ0v) is 11.9. The molecule has 0 radical (unpaired) electrons. The highest BCUT2D eigenvalue weighted by Crippen LogP contribution is 2.24. The van der Waals surface area contributed by atoms with E-state index in [1.807, 2.05) is 0 Å². The van der Waals surface area contributed by atoms with Crippen molar-refractivity contribution < 1.29 is 28.2 Å². The monoisotopic (exact) mass is 327 g/mol. The van der Waals surface area contributed by atoms with E-state index in [2.05, 4.69) is 4.72 Å². The van der Waals surface area contributed by atoms with Crippen LogP contribution in [0.1, 0.15) is 20.0 Å². The second kappa shape index (κ2) is 5.54. The Morgan fingerprint density at radius 2 is 1.81 bits per heavy atom. The topological polar surface area (TPSA) is 121 Å². The summed E-state index contributed by atoms with van der Waals surface area (Å²) in [5, 5.41) is 19.1. The van der Waals surface area contributed by atoms with Gasteiger partial charge < -0.3 is 10.2 Å². The van der Waals surface area contributed by atoms with Gasteiger partial charge in [-0.3, -0.25) is 4.72 Å². The van der Waals surface area contributed by atoms with Crippen molar-refractivity contribution in [2.45, 2.75) is 4.90 Å². The van der Waals surface area contributed by atoms with Crippen LogP contribution in [0.3, 0.4) is 0 Å². The number of nitrogens with one attached hydrogen (secondary N) is 1. The summed E-state index contributed by atoms with van der Waals surface area (Å²) in [6.07, 6.45) is 0. The first-order valence-electron chi connectivity index (χ1n) is 5.48. The number of anilines is 1. The Hall–Kier alpha value is -2.39. The first kappa shape index (κ1) is 15.0. The minimum atomic E-state index is -4.10. The quantitative estimate of drug-likeness (QED) is 0.772. The largest absolute Gasteiger partial charge is 0.478 e. The van der Waals surface area contributed by atoms with Crippen LogP contribution in [0.4, 0.5) is 5.69 Å². The van der Waals surface area contributed by atoms with Gasteiger partial charge in [-0.05, 0) is 29.6 Å². The van der Waals surface area contributed by atoms with Crippen LogP contribution in [0.2, 0.25) is 0 Å². The van der Waals surface area contributed by atoms with Gasteiger partial charge in [0.15, 0.2) is 0 Å². The van der Waals surface area contributed by atoms with Gasteiger partial charge in [-0.1, -0.05) is 6.07 Å². The van der Waals surface area contributed by atoms with Crippen molar-refractivity contribution in [1.29, 1.82) is 0 Å². The van der Waals surface area contributed by atoms with E-state index < -0.39 is 22.0 Å². The standard InChI is InChI=1S/C12H9NO6S2/c14-11(15)7-2-1-3-8(6-7)13-21(18,19)9-4-5-20-10(9)12(16)17/h1-6,13H,(H,14,15)(H,16,17). The fourth-order valence-electron chi connectivity index (χ4n) is 1.59. The van der Waals surface area contributed by atoms with Crippen LogP contribution in [-0.4, -0.2) is 30.6 Å². The molecule has 0 fully saturated rings. The van der Waals surface area contributed by atoms with Crippen molar-refractivity contribution in [3.05, 3.63) is 46.2 Å². The first-order chi connectivity index (χ1) is 9.81. The Balaban J connectivity index is 2.38. The smallest absolute Gasteiger partial charge is 0.347 e. The van der Waals surface area contributed by atoms with Crippen LogP contribution < -0.4 is 4.72 Å². The molecule has 0 saturated carbocycles. The van der Waals surface area contributed by atoms with Gasteiger partial charge in [0, 0.05) is 5.69 Å². The summed E-state index contributed by atoms with van der Waals surface area (Å²) in [5.41, 5.74) is -0.0450. The van der Waals surface area contributed by atoms with E-state index in [1.54, 1.807) is 0 Å². The Labute approximate surface area is 123 Å². The van der Waals surface area contributed by atoms with E-state index in [-0.39, 0.29) is 21.0 Å². The van der Waals surface area contributed by atoms with Crippen LogP contribution in [0.25, 0.3) is 0 Å². The summed E-state index contributed by atoms with van der Waals surface area (Å²) in [5.74, 6) is -2.54. The van der Waals surface area contributed by atoms with E-state index in [0.717, 1.165) is 17.4 Å². The molecule has 2 rings (SSSR count). The second-order valence-electron chi connectivity index (χ2n) is 3.91. The molecule has 1 heterocycles. The molecule has 7 nitrogen and oxygen atoms in total. The zero-order valence-electron chi connectivity index (χ0n) is 10.3. The molecule has 21 heavy (non-hydrogen) atoms. The number of sulfonamides is 1. The maximum absolute atomic E-state index is 12.2. The van der Waals surface area contributed by atoms with Crippen molar-refractivity contribution in [1.82, 2.24) is 0 Å². The minimum Gasteiger partial charge on any atom is -0.478 e. The van der Waals surface area contributed by atoms with Crippen molar-refractivity contribution in [2.24, 2.45) is 0 Å². The SMILES string of the molecule is O=C(O)c1cccc(NS(=O)(=O)c2ccsc2C(=O)O)c1. The average Bonchev–Trinajstić information content (AvgIpc) is 2.88. The molecule has 0 amide bonds. The Morgan fingerprint density at radius 1 is 1.10 bits per heavy atom. The maximum Gasteiger partial charge on any atom is 0.347 e. The highest BCUT2D eigenvalue weighted by atomic mass is 32.2. The maximum atomic E-state index is 12.2. The first-order valence-corrected chi connectivity index (χ1v) is 7.84. The lowest BCUT2D eigenvalue weighted by Crippen LogP contribution is -2.15. The third kappa shape index (κ3) is 3.20. The number of benzene rings is 1. The van der Waals surface area contributed by atoms with Crippen LogP contribution in [0, 0.1) is 0 Å². The van der Waals surface area contributed by atoms with Crippen LogP contribution in [0.15, 0.2) is 40.6 Å². The molecule has 1 aromatic heterocycles. The van der Waals surface area contributed by atoms with E-state index in [0.29, 0.717) is 0 Å². The molecule has 1 aromatic carbocycles. The zero-order chi connectivity index (χ0) is 15.6. The number of carboxylic acid groups (broad SMARTS) is 2. The van der Waals surface area contributed by atoms with Crippen molar-refractivity contribution in [2.75, 3.05) is 4.72 Å². The predicted molar refractivity (Wildman–Crippen MR) is 75.5 cm³/mol. The Kier molecular flexibility index (Phi) is 3.96. The predicted octanol–water partition coefficient (Wildman–Crippen LogP) is 1.95. The third-order valence-electron chi connectivity index (χ3n) is 2.47. The molecule has 0 aliphatic heterocycles.